The maximum absolute atomic E-state index is 11.9. The number of hydrogen-bond acceptors (Lipinski definition) is 4. The molecule has 1 spiro atoms. The molecule has 26 heavy (non-hydrogen) atoms. The van der Waals surface area contributed by atoms with Crippen LogP contribution in [-0.4, -0.2) is 42.1 Å². The maximum Gasteiger partial charge on any atom is 0.252 e. The summed E-state index contributed by atoms with van der Waals surface area (Å²) in [4.78, 5) is 22.4. The number of amides is 1. The van der Waals surface area contributed by atoms with Gasteiger partial charge in [0.05, 0.1) is 16.5 Å². The monoisotopic (exact) mass is 349 g/mol. The van der Waals surface area contributed by atoms with Gasteiger partial charge in [-0.3, -0.25) is 4.79 Å². The number of H-pyrrole nitrogens is 1. The lowest BCUT2D eigenvalue weighted by atomic mass is 9.78. The lowest BCUT2D eigenvalue weighted by Gasteiger charge is -2.34. The number of anilines is 1. The molecular formula is C20H23N5O. The highest BCUT2D eigenvalue weighted by Crippen LogP contribution is 2.42. The summed E-state index contributed by atoms with van der Waals surface area (Å²) in [5, 5.41) is 5.58. The molecule has 6 heteroatoms. The van der Waals surface area contributed by atoms with Gasteiger partial charge < -0.3 is 20.9 Å². The number of pyridine rings is 1. The number of carbonyl (C=O) groups excluding carboxylic acids is 1. The molecule has 1 aromatic carbocycles. The number of rotatable bonds is 2. The van der Waals surface area contributed by atoms with E-state index in [9.17, 15) is 4.79 Å². The number of piperidine rings is 1. The number of nitrogens with two attached hydrogens (primary N) is 1. The number of nitrogens with one attached hydrogen (secondary N) is 2. The zero-order valence-electron chi connectivity index (χ0n) is 14.7. The third kappa shape index (κ3) is 2.29. The van der Waals surface area contributed by atoms with E-state index >= 15 is 0 Å². The Labute approximate surface area is 151 Å². The molecule has 6 nitrogen and oxygen atoms in total. The summed E-state index contributed by atoms with van der Waals surface area (Å²) in [7, 11) is 0. The molecule has 0 aliphatic carbocycles. The number of carbonyl (C=O) groups is 1. The Morgan fingerprint density at radius 3 is 2.81 bits per heavy atom. The van der Waals surface area contributed by atoms with Crippen LogP contribution in [0.2, 0.25) is 0 Å². The fourth-order valence-corrected chi connectivity index (χ4v) is 4.74. The second kappa shape index (κ2) is 5.71. The van der Waals surface area contributed by atoms with Crippen molar-refractivity contribution in [2.24, 2.45) is 11.1 Å². The number of para-hydroxylation sites is 1. The minimum absolute atomic E-state index is 0.397. The Hall–Kier alpha value is -2.60. The quantitative estimate of drug-likeness (QED) is 0.663. The predicted molar refractivity (Wildman–Crippen MR) is 103 cm³/mol. The lowest BCUT2D eigenvalue weighted by molar-refractivity contribution is 0.100. The van der Waals surface area contributed by atoms with E-state index in [0.29, 0.717) is 11.0 Å². The van der Waals surface area contributed by atoms with Crippen LogP contribution in [0.15, 0.2) is 30.5 Å². The summed E-state index contributed by atoms with van der Waals surface area (Å²) < 4.78 is 0. The number of benzene rings is 1. The Morgan fingerprint density at radius 1 is 1.19 bits per heavy atom. The van der Waals surface area contributed by atoms with Gasteiger partial charge in [-0.05, 0) is 43.8 Å². The van der Waals surface area contributed by atoms with Crippen molar-refractivity contribution in [3.05, 3.63) is 36.0 Å². The average molecular weight is 349 g/mol. The van der Waals surface area contributed by atoms with Gasteiger partial charge in [0.2, 0.25) is 0 Å². The second-order valence-corrected chi connectivity index (χ2v) is 7.70. The van der Waals surface area contributed by atoms with Gasteiger partial charge in [0.25, 0.3) is 5.91 Å². The highest BCUT2D eigenvalue weighted by molar-refractivity contribution is 6.18. The first-order valence-electron chi connectivity index (χ1n) is 9.32. The van der Waals surface area contributed by atoms with E-state index in [1.165, 1.54) is 19.3 Å². The summed E-state index contributed by atoms with van der Waals surface area (Å²) in [6.45, 7) is 4.25. The number of fused-ring (bicyclic) bond motifs is 3. The van der Waals surface area contributed by atoms with Crippen molar-refractivity contribution in [1.82, 2.24) is 15.3 Å². The molecule has 4 heterocycles. The molecule has 5 rings (SSSR count). The third-order valence-electron chi connectivity index (χ3n) is 6.18. The largest absolute Gasteiger partial charge is 0.365 e. The van der Waals surface area contributed by atoms with Crippen LogP contribution in [0.5, 0.6) is 0 Å². The van der Waals surface area contributed by atoms with E-state index in [1.54, 1.807) is 6.20 Å². The van der Waals surface area contributed by atoms with E-state index < -0.39 is 5.91 Å². The van der Waals surface area contributed by atoms with Gasteiger partial charge in [-0.15, -0.1) is 0 Å². The van der Waals surface area contributed by atoms with E-state index in [-0.39, 0.29) is 0 Å². The van der Waals surface area contributed by atoms with E-state index in [1.807, 2.05) is 18.2 Å². The van der Waals surface area contributed by atoms with Gasteiger partial charge in [-0.2, -0.15) is 0 Å². The molecule has 3 aromatic rings. The molecule has 0 radical (unpaired) electrons. The van der Waals surface area contributed by atoms with E-state index in [4.69, 9.17) is 10.7 Å². The summed E-state index contributed by atoms with van der Waals surface area (Å²) in [5.41, 5.74) is 8.26. The fraction of sp³-hybridized carbons (Fsp3) is 0.400. The molecule has 0 bridgehead atoms. The molecule has 4 N–H and O–H groups in total. The molecule has 2 aliphatic heterocycles. The maximum atomic E-state index is 11.9. The van der Waals surface area contributed by atoms with Crippen LogP contribution >= 0.6 is 0 Å². The highest BCUT2D eigenvalue weighted by atomic mass is 16.1. The molecule has 0 atom stereocenters. The van der Waals surface area contributed by atoms with Crippen LogP contribution in [0, 0.1) is 5.41 Å². The Kier molecular flexibility index (Phi) is 3.43. The molecule has 2 aromatic heterocycles. The third-order valence-corrected chi connectivity index (χ3v) is 6.18. The van der Waals surface area contributed by atoms with Crippen LogP contribution in [0.25, 0.3) is 21.8 Å². The summed E-state index contributed by atoms with van der Waals surface area (Å²) in [5.74, 6) is 0.523. The minimum Gasteiger partial charge on any atom is -0.365 e. The Morgan fingerprint density at radius 2 is 2.00 bits per heavy atom. The summed E-state index contributed by atoms with van der Waals surface area (Å²) in [6.07, 6.45) is 5.28. The van der Waals surface area contributed by atoms with Gasteiger partial charge in [-0.1, -0.05) is 18.2 Å². The van der Waals surface area contributed by atoms with Crippen LogP contribution in [0.1, 0.15) is 29.6 Å². The molecule has 2 aliphatic rings. The van der Waals surface area contributed by atoms with Crippen molar-refractivity contribution < 1.29 is 4.79 Å². The summed E-state index contributed by atoms with van der Waals surface area (Å²) in [6, 6.07) is 8.13. The highest BCUT2D eigenvalue weighted by Gasteiger charge is 2.40. The van der Waals surface area contributed by atoms with Crippen LogP contribution < -0.4 is 16.0 Å². The van der Waals surface area contributed by atoms with Crippen molar-refractivity contribution in [3.8, 4) is 0 Å². The number of aromatic nitrogens is 2. The smallest absolute Gasteiger partial charge is 0.252 e. The number of nitrogens with zero attached hydrogens (tertiary/aromatic N) is 2. The van der Waals surface area contributed by atoms with Crippen LogP contribution in [0.3, 0.4) is 0 Å². The zero-order chi connectivity index (χ0) is 17.7. The molecule has 2 fully saturated rings. The normalized spacial score (nSPS) is 19.6. The van der Waals surface area contributed by atoms with Crippen molar-refractivity contribution in [2.75, 3.05) is 31.1 Å². The van der Waals surface area contributed by atoms with E-state index in [0.717, 1.165) is 53.8 Å². The fourth-order valence-electron chi connectivity index (χ4n) is 4.74. The first-order valence-corrected chi connectivity index (χ1v) is 9.32. The van der Waals surface area contributed by atoms with E-state index in [2.05, 4.69) is 21.3 Å². The summed E-state index contributed by atoms with van der Waals surface area (Å²) >= 11 is 0. The van der Waals surface area contributed by atoms with Crippen molar-refractivity contribution >= 4 is 33.5 Å². The Bertz CT molecular complexity index is 1000. The first-order chi connectivity index (χ1) is 12.7. The SMILES string of the molecule is NC(=O)c1cnc(N2CCC3(CCNCC3)C2)c2c1[nH]c1ccccc12. The number of primary amides is 1. The van der Waals surface area contributed by atoms with Gasteiger partial charge in [0, 0.05) is 30.2 Å². The van der Waals surface area contributed by atoms with Crippen LogP contribution in [0.4, 0.5) is 5.82 Å². The molecule has 2 saturated heterocycles. The topological polar surface area (TPSA) is 87.0 Å². The first kappa shape index (κ1) is 15.6. The zero-order valence-corrected chi connectivity index (χ0v) is 14.7. The average Bonchev–Trinajstić information content (AvgIpc) is 3.23. The lowest BCUT2D eigenvalue weighted by Crippen LogP contribution is -2.38. The number of hydrogen-bond donors (Lipinski definition) is 3. The molecule has 1 amide bonds. The molecule has 0 unspecified atom stereocenters. The van der Waals surface area contributed by atoms with Crippen LogP contribution in [-0.2, 0) is 0 Å². The van der Waals surface area contributed by atoms with Gasteiger partial charge in [0.1, 0.15) is 5.82 Å². The number of aromatic amines is 1. The van der Waals surface area contributed by atoms with Gasteiger partial charge >= 0.3 is 0 Å². The minimum atomic E-state index is -0.447. The van der Waals surface area contributed by atoms with Crippen molar-refractivity contribution in [3.63, 3.8) is 0 Å². The standard InChI is InChI=1S/C20H23N5O/c21-18(26)14-11-23-19(16-13-3-1-2-4-15(13)24-17(14)16)25-10-7-20(12-25)5-8-22-9-6-20/h1-4,11,22,24H,5-10,12H2,(H2,21,26). The molecular weight excluding hydrogens is 326 g/mol. The van der Waals surface area contributed by atoms with Gasteiger partial charge in [-0.25, -0.2) is 4.98 Å². The van der Waals surface area contributed by atoms with Crippen molar-refractivity contribution in [2.45, 2.75) is 19.3 Å². The molecule has 0 saturated carbocycles. The van der Waals surface area contributed by atoms with Crippen molar-refractivity contribution in [1.29, 1.82) is 0 Å². The Balaban J connectivity index is 1.66. The molecule has 134 valence electrons. The second-order valence-electron chi connectivity index (χ2n) is 7.70. The van der Waals surface area contributed by atoms with Gasteiger partial charge in [0.15, 0.2) is 0 Å². The predicted octanol–water partition coefficient (Wildman–Crippen LogP) is 2.39.